The Morgan fingerprint density at radius 1 is 0.476 bits per heavy atom. The van der Waals surface area contributed by atoms with Crippen LogP contribution in [0.15, 0.2) is 0 Å². The average Bonchev–Trinajstić information content (AvgIpc) is 2.94. The van der Waals surface area contributed by atoms with Crippen LogP contribution < -0.4 is 5.11 Å². The van der Waals surface area contributed by atoms with Crippen LogP contribution in [0.25, 0.3) is 0 Å². The van der Waals surface area contributed by atoms with Gasteiger partial charge in [0.05, 0.1) is 27.2 Å². The van der Waals surface area contributed by atoms with Crippen LogP contribution in [0, 0.1) is 5.92 Å². The Kier molecular flexibility index (Phi) is 36.2. The van der Waals surface area contributed by atoms with Crippen LogP contribution in [0.5, 0.6) is 0 Å². The number of carbonyl (C=O) groups is 1. The van der Waals surface area contributed by atoms with E-state index in [1.807, 2.05) is 0 Å². The number of hydrogen-bond donors (Lipinski definition) is 0. The van der Waals surface area contributed by atoms with Gasteiger partial charge in [-0.25, -0.2) is 0 Å². The molecule has 42 heavy (non-hydrogen) atoms. The Morgan fingerprint density at radius 3 is 1.07 bits per heavy atom. The van der Waals surface area contributed by atoms with Gasteiger partial charge in [-0.3, -0.25) is 0 Å². The standard InChI is InChI=1S/C21H46N.C18H36O2/c1-6-7-8-9-10-11-13-16-19-22(4,5)20-17-14-12-15-18-21(2)3;1-2-3-4-5-6-7-8-9-10-11-12-13-14-15-16-17-18(19)20/h21H,6-20H2,1-5H3;2-17H2,1H3,(H,19,20)/q+1;/p-1. The fourth-order valence-corrected chi connectivity index (χ4v) is 5.87. The maximum atomic E-state index is 10.2. The predicted octanol–water partition coefficient (Wildman–Crippen LogP) is 11.8. The van der Waals surface area contributed by atoms with E-state index in [2.05, 4.69) is 41.8 Å². The van der Waals surface area contributed by atoms with Crippen LogP contribution in [0.2, 0.25) is 0 Å². The molecule has 0 rings (SSSR count). The van der Waals surface area contributed by atoms with Crippen molar-refractivity contribution in [3.05, 3.63) is 0 Å². The van der Waals surface area contributed by atoms with Crippen molar-refractivity contribution >= 4 is 5.97 Å². The highest BCUT2D eigenvalue weighted by molar-refractivity contribution is 5.64. The maximum absolute atomic E-state index is 10.2. The summed E-state index contributed by atoms with van der Waals surface area (Å²) in [5.41, 5.74) is 0. The summed E-state index contributed by atoms with van der Waals surface area (Å²) in [6.07, 6.45) is 38.5. The molecule has 0 saturated carbocycles. The quantitative estimate of drug-likeness (QED) is 0.0573. The third kappa shape index (κ3) is 41.6. The first-order valence-electron chi connectivity index (χ1n) is 19.3. The third-order valence-corrected chi connectivity index (χ3v) is 8.90. The van der Waals surface area contributed by atoms with Gasteiger partial charge in [-0.05, 0) is 44.4 Å². The summed E-state index contributed by atoms with van der Waals surface area (Å²) in [7, 11) is 4.85. The number of rotatable bonds is 32. The number of carboxylic acid groups (broad SMARTS) is 1. The van der Waals surface area contributed by atoms with Crippen molar-refractivity contribution in [1.29, 1.82) is 0 Å². The van der Waals surface area contributed by atoms with Crippen molar-refractivity contribution in [2.75, 3.05) is 27.2 Å². The largest absolute Gasteiger partial charge is 0.550 e. The molecule has 0 atom stereocenters. The number of unbranched alkanes of at least 4 members (excludes halogenated alkanes) is 24. The smallest absolute Gasteiger partial charge is 0.0782 e. The lowest BCUT2D eigenvalue weighted by atomic mass is 10.0. The van der Waals surface area contributed by atoms with Gasteiger partial charge in [0.25, 0.3) is 0 Å². The van der Waals surface area contributed by atoms with E-state index in [0.29, 0.717) is 0 Å². The number of nitrogens with zero attached hydrogens (tertiary/aromatic N) is 1. The summed E-state index contributed by atoms with van der Waals surface area (Å²) in [5, 5.41) is 10.2. The van der Waals surface area contributed by atoms with Crippen molar-refractivity contribution < 1.29 is 14.4 Å². The predicted molar refractivity (Wildman–Crippen MR) is 187 cm³/mol. The van der Waals surface area contributed by atoms with Gasteiger partial charge in [-0.2, -0.15) is 0 Å². The SMILES string of the molecule is CCCCCCCCCCCCCCCCCC(=O)[O-].CCCCCCCCCC[N+](C)(C)CCCCCCC(C)C. The normalized spacial score (nSPS) is 11.6. The first-order valence-corrected chi connectivity index (χ1v) is 19.3. The van der Waals surface area contributed by atoms with E-state index >= 15 is 0 Å². The molecule has 254 valence electrons. The first-order chi connectivity index (χ1) is 20.2. The van der Waals surface area contributed by atoms with Crippen LogP contribution >= 0.6 is 0 Å². The maximum Gasteiger partial charge on any atom is 0.0782 e. The molecule has 0 aromatic rings. The van der Waals surface area contributed by atoms with Gasteiger partial charge in [-0.1, -0.05) is 175 Å². The number of hydrogen-bond acceptors (Lipinski definition) is 2. The van der Waals surface area contributed by atoms with Gasteiger partial charge < -0.3 is 14.4 Å². The van der Waals surface area contributed by atoms with Crippen molar-refractivity contribution in [2.24, 2.45) is 5.92 Å². The van der Waals surface area contributed by atoms with Crippen molar-refractivity contribution in [1.82, 2.24) is 0 Å². The lowest BCUT2D eigenvalue weighted by molar-refractivity contribution is -0.890. The number of carboxylic acids is 1. The van der Waals surface area contributed by atoms with Gasteiger partial charge in [0.15, 0.2) is 0 Å². The molecule has 0 aromatic carbocycles. The van der Waals surface area contributed by atoms with Crippen molar-refractivity contribution in [3.63, 3.8) is 0 Å². The zero-order valence-corrected chi connectivity index (χ0v) is 30.3. The van der Waals surface area contributed by atoms with E-state index in [-0.39, 0.29) is 6.42 Å². The summed E-state index contributed by atoms with van der Waals surface area (Å²) in [6.45, 7) is 12.0. The summed E-state index contributed by atoms with van der Waals surface area (Å²) >= 11 is 0. The summed E-state index contributed by atoms with van der Waals surface area (Å²) < 4.78 is 1.24. The zero-order valence-electron chi connectivity index (χ0n) is 30.3. The topological polar surface area (TPSA) is 40.1 Å². The summed E-state index contributed by atoms with van der Waals surface area (Å²) in [4.78, 5) is 10.2. The molecule has 0 aliphatic rings. The van der Waals surface area contributed by atoms with Crippen molar-refractivity contribution in [3.8, 4) is 0 Å². The van der Waals surface area contributed by atoms with Gasteiger partial charge in [0.2, 0.25) is 0 Å². The van der Waals surface area contributed by atoms with Crippen LogP contribution in [0.3, 0.4) is 0 Å². The van der Waals surface area contributed by atoms with Gasteiger partial charge in [0, 0.05) is 5.97 Å². The minimum absolute atomic E-state index is 0.234. The molecule has 0 aliphatic heterocycles. The lowest BCUT2D eigenvalue weighted by Gasteiger charge is -2.30. The van der Waals surface area contributed by atoms with Crippen LogP contribution in [-0.4, -0.2) is 37.6 Å². The molecule has 0 N–H and O–H groups in total. The number of aliphatic carboxylic acids is 1. The van der Waals surface area contributed by atoms with E-state index < -0.39 is 5.97 Å². The number of quaternary nitrogens is 1. The average molecular weight is 596 g/mol. The molecule has 0 saturated heterocycles. The molecule has 0 aromatic heterocycles. The molecule has 0 heterocycles. The zero-order chi connectivity index (χ0) is 31.6. The Morgan fingerprint density at radius 2 is 0.762 bits per heavy atom. The molecule has 3 nitrogen and oxygen atoms in total. The monoisotopic (exact) mass is 596 g/mol. The highest BCUT2D eigenvalue weighted by Crippen LogP contribution is 2.15. The molecule has 0 amide bonds. The molecule has 0 spiro atoms. The Balaban J connectivity index is 0. The second kappa shape index (κ2) is 34.9. The van der Waals surface area contributed by atoms with Gasteiger partial charge in [-0.15, -0.1) is 0 Å². The molecule has 0 unspecified atom stereocenters. The fourth-order valence-electron chi connectivity index (χ4n) is 5.87. The van der Waals surface area contributed by atoms with Crippen molar-refractivity contribution in [2.45, 2.75) is 214 Å². The highest BCUT2D eigenvalue weighted by atomic mass is 16.4. The summed E-state index contributed by atoms with van der Waals surface area (Å²) in [5.74, 6) is -0.0195. The van der Waals surface area contributed by atoms with E-state index in [1.165, 1.54) is 185 Å². The van der Waals surface area contributed by atoms with E-state index in [0.717, 1.165) is 18.8 Å². The molecule has 3 heteroatoms. The van der Waals surface area contributed by atoms with Crippen LogP contribution in [-0.2, 0) is 4.79 Å². The van der Waals surface area contributed by atoms with E-state index in [1.54, 1.807) is 0 Å². The molecule has 0 aliphatic carbocycles. The Bertz CT molecular complexity index is 517. The second-order valence-corrected chi connectivity index (χ2v) is 14.5. The van der Waals surface area contributed by atoms with Crippen LogP contribution in [0.4, 0.5) is 0 Å². The fraction of sp³-hybridized carbons (Fsp3) is 0.974. The molecule has 0 radical (unpaired) electrons. The molecular formula is C39H81NO2. The van der Waals surface area contributed by atoms with E-state index in [4.69, 9.17) is 0 Å². The Hall–Kier alpha value is -0.570. The molecule has 0 fully saturated rings. The second-order valence-electron chi connectivity index (χ2n) is 14.5. The number of carbonyl (C=O) groups excluding carboxylic acids is 1. The van der Waals surface area contributed by atoms with E-state index in [9.17, 15) is 9.90 Å². The first kappa shape index (κ1) is 43.6. The van der Waals surface area contributed by atoms with Gasteiger partial charge >= 0.3 is 0 Å². The minimum atomic E-state index is -0.903. The van der Waals surface area contributed by atoms with Gasteiger partial charge in [0.1, 0.15) is 0 Å². The molecule has 0 bridgehead atoms. The molecular weight excluding hydrogens is 514 g/mol. The third-order valence-electron chi connectivity index (χ3n) is 8.90. The Labute approximate surface area is 267 Å². The minimum Gasteiger partial charge on any atom is -0.550 e. The summed E-state index contributed by atoms with van der Waals surface area (Å²) in [6, 6.07) is 0. The van der Waals surface area contributed by atoms with Crippen LogP contribution in [0.1, 0.15) is 214 Å². The highest BCUT2D eigenvalue weighted by Gasteiger charge is 2.13. The lowest BCUT2D eigenvalue weighted by Crippen LogP contribution is -2.41.